The Bertz CT molecular complexity index is 981. The van der Waals surface area contributed by atoms with Crippen molar-refractivity contribution in [3.63, 3.8) is 0 Å². The quantitative estimate of drug-likeness (QED) is 0.533. The minimum absolute atomic E-state index is 0.0936. The van der Waals surface area contributed by atoms with E-state index < -0.39 is 0 Å². The van der Waals surface area contributed by atoms with Crippen LogP contribution in [-0.2, 0) is 4.79 Å². The molecule has 2 heterocycles. The number of nitrogens with one attached hydrogen (secondary N) is 2. The molecule has 136 valence electrons. The molecule has 7 heteroatoms. The van der Waals surface area contributed by atoms with Crippen LogP contribution in [0.1, 0.15) is 15.9 Å². The molecule has 0 spiro atoms. The molecular formula is C20H19N5O2. The van der Waals surface area contributed by atoms with Crippen molar-refractivity contribution in [1.82, 2.24) is 15.3 Å². The highest BCUT2D eigenvalue weighted by Crippen LogP contribution is 2.20. The van der Waals surface area contributed by atoms with Gasteiger partial charge in [0.15, 0.2) is 5.78 Å². The van der Waals surface area contributed by atoms with Crippen molar-refractivity contribution in [3.8, 4) is 0 Å². The molecule has 27 heavy (non-hydrogen) atoms. The summed E-state index contributed by atoms with van der Waals surface area (Å²) in [6.45, 7) is 3.63. The Balaban J connectivity index is 1.62. The zero-order chi connectivity index (χ0) is 18.6. The van der Waals surface area contributed by atoms with Gasteiger partial charge in [0.25, 0.3) is 0 Å². The maximum absolute atomic E-state index is 12.8. The topological polar surface area (TPSA) is 87.2 Å². The first kappa shape index (κ1) is 17.1. The lowest BCUT2D eigenvalue weighted by Gasteiger charge is -2.28. The number of benzene rings is 2. The second-order valence-corrected chi connectivity index (χ2v) is 6.34. The second kappa shape index (κ2) is 7.51. The van der Waals surface area contributed by atoms with Gasteiger partial charge in [-0.05, 0) is 42.5 Å². The number of fused-ring (bicyclic) bond motifs is 1. The number of amides is 1. The van der Waals surface area contributed by atoms with E-state index in [9.17, 15) is 9.59 Å². The van der Waals surface area contributed by atoms with Crippen LogP contribution >= 0.6 is 0 Å². The molecule has 0 unspecified atom stereocenters. The van der Waals surface area contributed by atoms with E-state index in [4.69, 9.17) is 4.98 Å². The zero-order valence-electron chi connectivity index (χ0n) is 14.7. The van der Waals surface area contributed by atoms with E-state index in [2.05, 4.69) is 20.5 Å². The number of carbonyl (C=O) groups is 2. The number of rotatable bonds is 5. The zero-order valence-corrected chi connectivity index (χ0v) is 14.7. The third-order valence-electron chi connectivity index (χ3n) is 4.61. The lowest BCUT2D eigenvalue weighted by atomic mass is 10.0. The van der Waals surface area contributed by atoms with Crippen LogP contribution in [0.25, 0.3) is 11.0 Å². The van der Waals surface area contributed by atoms with Gasteiger partial charge < -0.3 is 15.5 Å². The summed E-state index contributed by atoms with van der Waals surface area (Å²) in [5, 5.41) is 5.87. The van der Waals surface area contributed by atoms with Gasteiger partial charge in [0.1, 0.15) is 5.82 Å². The lowest BCUT2D eigenvalue weighted by molar-refractivity contribution is -0.105. The minimum atomic E-state index is -0.0936. The minimum Gasteiger partial charge on any atom is -0.353 e. The predicted molar refractivity (Wildman–Crippen MR) is 104 cm³/mol. The normalized spacial score (nSPS) is 14.1. The van der Waals surface area contributed by atoms with Crippen LogP contribution in [0, 0.1) is 0 Å². The van der Waals surface area contributed by atoms with E-state index in [1.165, 1.54) is 0 Å². The number of piperazine rings is 1. The number of ketones is 1. The van der Waals surface area contributed by atoms with E-state index >= 15 is 0 Å². The average Bonchev–Trinajstić information content (AvgIpc) is 2.74. The average molecular weight is 361 g/mol. The van der Waals surface area contributed by atoms with Crippen molar-refractivity contribution in [1.29, 1.82) is 0 Å². The number of nitrogens with zero attached hydrogens (tertiary/aromatic N) is 3. The fraction of sp³-hybridized carbons (Fsp3) is 0.200. The van der Waals surface area contributed by atoms with E-state index in [0.717, 1.165) is 37.5 Å². The van der Waals surface area contributed by atoms with Gasteiger partial charge in [0.2, 0.25) is 6.41 Å². The Morgan fingerprint density at radius 2 is 1.78 bits per heavy atom. The molecule has 0 aliphatic carbocycles. The summed E-state index contributed by atoms with van der Waals surface area (Å²) in [6.07, 6.45) is 2.39. The number of carbonyl (C=O) groups excluding carboxylic acids is 2. The molecule has 0 bridgehead atoms. The molecule has 0 atom stereocenters. The first-order valence-electron chi connectivity index (χ1n) is 8.82. The maximum Gasteiger partial charge on any atom is 0.211 e. The van der Waals surface area contributed by atoms with Crippen LogP contribution in [0.3, 0.4) is 0 Å². The van der Waals surface area contributed by atoms with Crippen LogP contribution in [0.2, 0.25) is 0 Å². The lowest BCUT2D eigenvalue weighted by Crippen LogP contribution is -2.43. The smallest absolute Gasteiger partial charge is 0.211 e. The number of hydrogen-bond acceptors (Lipinski definition) is 6. The summed E-state index contributed by atoms with van der Waals surface area (Å²) in [5.41, 5.74) is 3.22. The molecule has 1 aliphatic heterocycles. The van der Waals surface area contributed by atoms with Crippen LogP contribution in [0.4, 0.5) is 11.5 Å². The first-order valence-corrected chi connectivity index (χ1v) is 8.82. The van der Waals surface area contributed by atoms with E-state index in [-0.39, 0.29) is 5.78 Å². The van der Waals surface area contributed by atoms with Crippen molar-refractivity contribution < 1.29 is 9.59 Å². The molecule has 1 saturated heterocycles. The van der Waals surface area contributed by atoms with Gasteiger partial charge in [-0.1, -0.05) is 0 Å². The van der Waals surface area contributed by atoms with Crippen molar-refractivity contribution in [3.05, 3.63) is 59.8 Å². The molecule has 0 saturated carbocycles. The number of anilines is 2. The number of aromatic nitrogens is 2. The van der Waals surface area contributed by atoms with Crippen LogP contribution < -0.4 is 15.5 Å². The van der Waals surface area contributed by atoms with Crippen molar-refractivity contribution >= 4 is 34.7 Å². The summed E-state index contributed by atoms with van der Waals surface area (Å²) in [5.74, 6) is 0.738. The summed E-state index contributed by atoms with van der Waals surface area (Å²) >= 11 is 0. The van der Waals surface area contributed by atoms with Gasteiger partial charge in [0, 0.05) is 43.0 Å². The number of hydrogen-bond donors (Lipinski definition) is 2. The SMILES string of the molecule is O=CNc1ccc(C(=O)c2ccc3ncc(N4CCNCC4)nc3c2)cc1. The van der Waals surface area contributed by atoms with Gasteiger partial charge in [0.05, 0.1) is 17.2 Å². The monoisotopic (exact) mass is 361 g/mol. The predicted octanol–water partition coefficient (Wildman–Crippen LogP) is 1.84. The second-order valence-electron chi connectivity index (χ2n) is 6.34. The fourth-order valence-corrected chi connectivity index (χ4v) is 3.14. The van der Waals surface area contributed by atoms with E-state index in [0.29, 0.717) is 28.7 Å². The molecule has 3 aromatic rings. The molecule has 1 fully saturated rings. The Kier molecular flexibility index (Phi) is 4.76. The highest BCUT2D eigenvalue weighted by Gasteiger charge is 2.14. The molecule has 1 aliphatic rings. The third-order valence-corrected chi connectivity index (χ3v) is 4.61. The van der Waals surface area contributed by atoms with Gasteiger partial charge in [-0.15, -0.1) is 0 Å². The largest absolute Gasteiger partial charge is 0.353 e. The van der Waals surface area contributed by atoms with E-state index in [1.807, 2.05) is 6.07 Å². The maximum atomic E-state index is 12.8. The Morgan fingerprint density at radius 3 is 2.52 bits per heavy atom. The van der Waals surface area contributed by atoms with Crippen LogP contribution in [0.15, 0.2) is 48.7 Å². The van der Waals surface area contributed by atoms with Gasteiger partial charge in [-0.25, -0.2) is 4.98 Å². The molecule has 0 radical (unpaired) electrons. The summed E-state index contributed by atoms with van der Waals surface area (Å²) < 4.78 is 0. The van der Waals surface area contributed by atoms with Crippen molar-refractivity contribution in [2.75, 3.05) is 36.4 Å². The van der Waals surface area contributed by atoms with E-state index in [1.54, 1.807) is 42.6 Å². The molecule has 2 aromatic carbocycles. The van der Waals surface area contributed by atoms with Crippen molar-refractivity contribution in [2.24, 2.45) is 0 Å². The molecule has 1 amide bonds. The molecule has 1 aromatic heterocycles. The van der Waals surface area contributed by atoms with Crippen LogP contribution in [-0.4, -0.2) is 48.3 Å². The third kappa shape index (κ3) is 3.63. The van der Waals surface area contributed by atoms with Gasteiger partial charge in [-0.2, -0.15) is 0 Å². The van der Waals surface area contributed by atoms with Crippen molar-refractivity contribution in [2.45, 2.75) is 0 Å². The summed E-state index contributed by atoms with van der Waals surface area (Å²) in [4.78, 5) is 34.7. The van der Waals surface area contributed by atoms with Gasteiger partial charge in [-0.3, -0.25) is 14.6 Å². The summed E-state index contributed by atoms with van der Waals surface area (Å²) in [7, 11) is 0. The molecular weight excluding hydrogens is 342 g/mol. The Morgan fingerprint density at radius 1 is 1.04 bits per heavy atom. The standard InChI is InChI=1S/C20H19N5O2/c26-13-23-16-4-1-14(2-5-16)20(27)15-3-6-17-18(11-15)24-19(12-22-17)25-9-7-21-8-10-25/h1-6,11-13,21H,7-10H2,(H,23,26). The molecule has 7 nitrogen and oxygen atoms in total. The Hall–Kier alpha value is -3.32. The van der Waals surface area contributed by atoms with Crippen LogP contribution in [0.5, 0.6) is 0 Å². The molecule has 2 N–H and O–H groups in total. The summed E-state index contributed by atoms with van der Waals surface area (Å²) in [6, 6.07) is 12.2. The molecule has 4 rings (SSSR count). The first-order chi connectivity index (χ1) is 13.2. The van der Waals surface area contributed by atoms with Gasteiger partial charge >= 0.3 is 0 Å². The fourth-order valence-electron chi connectivity index (χ4n) is 3.14. The highest BCUT2D eigenvalue weighted by molar-refractivity contribution is 6.10. The highest BCUT2D eigenvalue weighted by atomic mass is 16.1. The Labute approximate surface area is 156 Å².